The number of ether oxygens (including phenoxy) is 3. The van der Waals surface area contributed by atoms with E-state index in [1.54, 1.807) is 0 Å². The lowest BCUT2D eigenvalue weighted by atomic mass is 10.3. The standard InChI is InChI=1S/C11H21NO6S/c1-16-9-7-12(8-10(9)17-2)19(14,15)6-4-5-11(13)18-3/h9-10H,4-8H2,1-3H3. The molecule has 7 nitrogen and oxygen atoms in total. The monoisotopic (exact) mass is 295 g/mol. The average Bonchev–Trinajstić information content (AvgIpc) is 2.82. The van der Waals surface area contributed by atoms with E-state index in [9.17, 15) is 13.2 Å². The third-order valence-electron chi connectivity index (χ3n) is 3.19. The van der Waals surface area contributed by atoms with Crippen molar-refractivity contribution in [2.75, 3.05) is 40.2 Å². The molecule has 0 aromatic heterocycles. The van der Waals surface area contributed by atoms with Crippen molar-refractivity contribution in [2.24, 2.45) is 0 Å². The number of hydrogen-bond donors (Lipinski definition) is 0. The van der Waals surface area contributed by atoms with Crippen LogP contribution in [0.15, 0.2) is 0 Å². The Morgan fingerprint density at radius 1 is 1.16 bits per heavy atom. The Morgan fingerprint density at radius 3 is 2.11 bits per heavy atom. The lowest BCUT2D eigenvalue weighted by Crippen LogP contribution is -2.32. The fourth-order valence-electron chi connectivity index (χ4n) is 2.02. The van der Waals surface area contributed by atoms with Crippen molar-refractivity contribution < 1.29 is 27.4 Å². The van der Waals surface area contributed by atoms with Crippen molar-refractivity contribution in [3.8, 4) is 0 Å². The number of sulfonamides is 1. The van der Waals surface area contributed by atoms with E-state index in [0.717, 1.165) is 0 Å². The molecule has 2 unspecified atom stereocenters. The van der Waals surface area contributed by atoms with Crippen LogP contribution in [-0.4, -0.2) is 71.1 Å². The SMILES string of the molecule is COC(=O)CCCS(=O)(=O)N1CC(OC)C(OC)C1. The van der Waals surface area contributed by atoms with Crippen molar-refractivity contribution in [2.45, 2.75) is 25.0 Å². The highest BCUT2D eigenvalue weighted by Crippen LogP contribution is 2.19. The molecule has 19 heavy (non-hydrogen) atoms. The maximum Gasteiger partial charge on any atom is 0.305 e. The molecule has 1 fully saturated rings. The second kappa shape index (κ2) is 7.18. The minimum Gasteiger partial charge on any atom is -0.469 e. The molecule has 112 valence electrons. The van der Waals surface area contributed by atoms with E-state index >= 15 is 0 Å². The van der Waals surface area contributed by atoms with Crippen LogP contribution in [0.3, 0.4) is 0 Å². The van der Waals surface area contributed by atoms with Crippen LogP contribution in [0.1, 0.15) is 12.8 Å². The first kappa shape index (κ1) is 16.4. The summed E-state index contributed by atoms with van der Waals surface area (Å²) in [4.78, 5) is 10.9. The Kier molecular flexibility index (Phi) is 6.18. The van der Waals surface area contributed by atoms with Gasteiger partial charge in [0.05, 0.1) is 25.1 Å². The van der Waals surface area contributed by atoms with Gasteiger partial charge in [-0.25, -0.2) is 8.42 Å². The molecule has 1 rings (SSSR count). The molecular formula is C11H21NO6S. The van der Waals surface area contributed by atoms with Crippen molar-refractivity contribution in [1.29, 1.82) is 0 Å². The van der Waals surface area contributed by atoms with Crippen molar-refractivity contribution in [3.05, 3.63) is 0 Å². The molecule has 1 aliphatic heterocycles. The van der Waals surface area contributed by atoms with E-state index in [4.69, 9.17) is 9.47 Å². The van der Waals surface area contributed by atoms with Crippen molar-refractivity contribution >= 4 is 16.0 Å². The van der Waals surface area contributed by atoms with Crippen LogP contribution in [-0.2, 0) is 29.0 Å². The third kappa shape index (κ3) is 4.41. The largest absolute Gasteiger partial charge is 0.469 e. The second-order valence-corrected chi connectivity index (χ2v) is 6.45. The zero-order valence-corrected chi connectivity index (χ0v) is 12.3. The normalized spacial score (nSPS) is 24.6. The maximum absolute atomic E-state index is 12.1. The van der Waals surface area contributed by atoms with Crippen molar-refractivity contribution in [3.63, 3.8) is 0 Å². The summed E-state index contributed by atoms with van der Waals surface area (Å²) in [6.45, 7) is 0.575. The van der Waals surface area contributed by atoms with E-state index in [0.29, 0.717) is 0 Å². The lowest BCUT2D eigenvalue weighted by molar-refractivity contribution is -0.140. The van der Waals surface area contributed by atoms with Gasteiger partial charge in [0.25, 0.3) is 0 Å². The fraction of sp³-hybridized carbons (Fsp3) is 0.909. The van der Waals surface area contributed by atoms with Gasteiger partial charge < -0.3 is 14.2 Å². The van der Waals surface area contributed by atoms with Gasteiger partial charge in [0.1, 0.15) is 0 Å². The van der Waals surface area contributed by atoms with E-state index in [1.165, 1.54) is 25.6 Å². The Balaban J connectivity index is 2.52. The number of carbonyl (C=O) groups is 1. The highest BCUT2D eigenvalue weighted by atomic mass is 32.2. The summed E-state index contributed by atoms with van der Waals surface area (Å²) in [7, 11) is 0.961. The molecule has 0 N–H and O–H groups in total. The van der Waals surface area contributed by atoms with Gasteiger partial charge in [-0.1, -0.05) is 0 Å². The Bertz CT molecular complexity index is 384. The van der Waals surface area contributed by atoms with Crippen LogP contribution in [0.2, 0.25) is 0 Å². The Labute approximate surface area is 113 Å². The maximum atomic E-state index is 12.1. The van der Waals surface area contributed by atoms with Crippen LogP contribution < -0.4 is 0 Å². The van der Waals surface area contributed by atoms with Crippen LogP contribution in [0.5, 0.6) is 0 Å². The number of methoxy groups -OCH3 is 3. The van der Waals surface area contributed by atoms with Gasteiger partial charge >= 0.3 is 5.97 Å². The first-order valence-corrected chi connectivity index (χ1v) is 7.65. The number of hydrogen-bond acceptors (Lipinski definition) is 6. The van der Waals surface area contributed by atoms with Crippen LogP contribution in [0, 0.1) is 0 Å². The summed E-state index contributed by atoms with van der Waals surface area (Å²) in [5.74, 6) is -0.476. The molecule has 0 bridgehead atoms. The molecule has 0 aliphatic carbocycles. The molecule has 1 aliphatic rings. The summed E-state index contributed by atoms with van der Waals surface area (Å²) in [6.07, 6.45) is -0.146. The molecule has 0 amide bonds. The van der Waals surface area contributed by atoms with E-state index in [-0.39, 0.29) is 43.9 Å². The Morgan fingerprint density at radius 2 is 1.68 bits per heavy atom. The molecule has 8 heteroatoms. The van der Waals surface area contributed by atoms with Gasteiger partial charge in [-0.15, -0.1) is 0 Å². The average molecular weight is 295 g/mol. The number of nitrogens with zero attached hydrogens (tertiary/aromatic N) is 1. The molecule has 1 saturated heterocycles. The predicted molar refractivity (Wildman–Crippen MR) is 68.2 cm³/mol. The third-order valence-corrected chi connectivity index (χ3v) is 5.08. The molecule has 1 heterocycles. The number of esters is 1. The number of carbonyl (C=O) groups excluding carboxylic acids is 1. The highest BCUT2D eigenvalue weighted by molar-refractivity contribution is 7.89. The van der Waals surface area contributed by atoms with Gasteiger partial charge in [-0.05, 0) is 6.42 Å². The molecule has 0 saturated carbocycles. The zero-order chi connectivity index (χ0) is 14.5. The summed E-state index contributed by atoms with van der Waals surface area (Å²) in [5.41, 5.74) is 0. The van der Waals surface area contributed by atoms with E-state index in [2.05, 4.69) is 4.74 Å². The van der Waals surface area contributed by atoms with Gasteiger partial charge in [-0.3, -0.25) is 4.79 Å². The van der Waals surface area contributed by atoms with Gasteiger partial charge in [0, 0.05) is 33.7 Å². The first-order valence-electron chi connectivity index (χ1n) is 6.04. The molecule has 0 aromatic carbocycles. The molecule has 0 radical (unpaired) electrons. The smallest absolute Gasteiger partial charge is 0.305 e. The van der Waals surface area contributed by atoms with Crippen LogP contribution >= 0.6 is 0 Å². The Hall–Kier alpha value is -0.700. The highest BCUT2D eigenvalue weighted by Gasteiger charge is 2.38. The van der Waals surface area contributed by atoms with Crippen LogP contribution in [0.4, 0.5) is 0 Å². The summed E-state index contributed by atoms with van der Waals surface area (Å²) >= 11 is 0. The molecule has 2 atom stereocenters. The summed E-state index contributed by atoms with van der Waals surface area (Å²) in [6, 6.07) is 0. The minimum absolute atomic E-state index is 0.0744. The predicted octanol–water partition coefficient (Wildman–Crippen LogP) is -0.385. The minimum atomic E-state index is -3.38. The molecular weight excluding hydrogens is 274 g/mol. The van der Waals surface area contributed by atoms with Gasteiger partial charge in [0.15, 0.2) is 0 Å². The fourth-order valence-corrected chi connectivity index (χ4v) is 3.54. The molecule has 0 spiro atoms. The first-order chi connectivity index (χ1) is 8.94. The second-order valence-electron chi connectivity index (χ2n) is 4.36. The van der Waals surface area contributed by atoms with Crippen LogP contribution in [0.25, 0.3) is 0 Å². The van der Waals surface area contributed by atoms with E-state index < -0.39 is 16.0 Å². The van der Waals surface area contributed by atoms with Gasteiger partial charge in [0.2, 0.25) is 10.0 Å². The van der Waals surface area contributed by atoms with Gasteiger partial charge in [-0.2, -0.15) is 4.31 Å². The summed E-state index contributed by atoms with van der Waals surface area (Å²) in [5, 5.41) is 0. The summed E-state index contributed by atoms with van der Waals surface area (Å²) < 4.78 is 40.4. The van der Waals surface area contributed by atoms with E-state index in [1.807, 2.05) is 0 Å². The number of rotatable bonds is 7. The van der Waals surface area contributed by atoms with Crippen molar-refractivity contribution in [1.82, 2.24) is 4.31 Å². The zero-order valence-electron chi connectivity index (χ0n) is 11.5. The lowest BCUT2D eigenvalue weighted by Gasteiger charge is -2.15. The quantitative estimate of drug-likeness (QED) is 0.595. The topological polar surface area (TPSA) is 82.1 Å². The molecule has 0 aromatic rings.